The molecule has 0 aromatic heterocycles. The summed E-state index contributed by atoms with van der Waals surface area (Å²) in [6, 6.07) is 6.81. The highest BCUT2D eigenvalue weighted by atomic mass is 32.2. The van der Waals surface area contributed by atoms with Crippen molar-refractivity contribution in [1.29, 1.82) is 0 Å². The number of sulfonamides is 1. The minimum atomic E-state index is -3.47. The molecule has 0 spiro atoms. The Kier molecular flexibility index (Phi) is 6.64. The van der Waals surface area contributed by atoms with E-state index in [1.807, 2.05) is 12.1 Å². The van der Waals surface area contributed by atoms with E-state index in [2.05, 4.69) is 9.46 Å². The van der Waals surface area contributed by atoms with E-state index in [1.165, 1.54) is 14.2 Å². The number of esters is 1. The van der Waals surface area contributed by atoms with Crippen LogP contribution in [0.2, 0.25) is 0 Å². The van der Waals surface area contributed by atoms with Crippen molar-refractivity contribution in [2.45, 2.75) is 25.8 Å². The van der Waals surface area contributed by atoms with Gasteiger partial charge in [0.25, 0.3) is 0 Å². The van der Waals surface area contributed by atoms with Crippen molar-refractivity contribution >= 4 is 16.0 Å². The van der Waals surface area contributed by atoms with Gasteiger partial charge in [0.2, 0.25) is 10.0 Å². The highest BCUT2D eigenvalue weighted by molar-refractivity contribution is 7.89. The average Bonchev–Trinajstić information content (AvgIpc) is 2.46. The summed E-state index contributed by atoms with van der Waals surface area (Å²) in [7, 11) is -0.656. The molecule has 0 fully saturated rings. The third kappa shape index (κ3) is 5.73. The third-order valence-electron chi connectivity index (χ3n) is 2.98. The van der Waals surface area contributed by atoms with Gasteiger partial charge in [-0.15, -0.1) is 0 Å². The van der Waals surface area contributed by atoms with E-state index in [1.54, 1.807) is 19.1 Å². The molecule has 1 aromatic carbocycles. The number of hydrogen-bond acceptors (Lipinski definition) is 5. The van der Waals surface area contributed by atoms with Crippen molar-refractivity contribution in [1.82, 2.24) is 4.72 Å². The van der Waals surface area contributed by atoms with Gasteiger partial charge < -0.3 is 9.47 Å². The smallest absolute Gasteiger partial charge is 0.305 e. The van der Waals surface area contributed by atoms with Crippen LogP contribution in [-0.4, -0.2) is 34.4 Å². The van der Waals surface area contributed by atoms with E-state index in [-0.39, 0.29) is 18.6 Å². The lowest BCUT2D eigenvalue weighted by Crippen LogP contribution is -2.29. The maximum atomic E-state index is 12.0. The number of benzene rings is 1. The number of carbonyl (C=O) groups excluding carboxylic acids is 1. The second kappa shape index (κ2) is 7.99. The van der Waals surface area contributed by atoms with Gasteiger partial charge in [0.1, 0.15) is 5.75 Å². The lowest BCUT2D eigenvalue weighted by Gasteiger charge is -2.17. The van der Waals surface area contributed by atoms with E-state index in [0.717, 1.165) is 5.56 Å². The summed E-state index contributed by atoms with van der Waals surface area (Å²) in [5, 5.41) is 0. The Morgan fingerprint density at radius 2 is 1.95 bits per heavy atom. The first-order valence-corrected chi connectivity index (χ1v) is 8.24. The zero-order valence-electron chi connectivity index (χ0n) is 12.5. The van der Waals surface area contributed by atoms with Crippen LogP contribution in [0.25, 0.3) is 0 Å². The van der Waals surface area contributed by atoms with Crippen molar-refractivity contribution in [3.05, 3.63) is 29.8 Å². The molecule has 7 heteroatoms. The van der Waals surface area contributed by atoms with Crippen LogP contribution in [0, 0.1) is 0 Å². The van der Waals surface area contributed by atoms with Gasteiger partial charge in [-0.05, 0) is 19.4 Å². The number of hydrogen-bond donors (Lipinski definition) is 1. The lowest BCUT2D eigenvalue weighted by molar-refractivity contribution is -0.140. The van der Waals surface area contributed by atoms with Crippen molar-refractivity contribution in [2.75, 3.05) is 20.0 Å². The number of ether oxygens (including phenoxy) is 2. The first-order valence-electron chi connectivity index (χ1n) is 6.59. The molecule has 0 aliphatic heterocycles. The Morgan fingerprint density at radius 1 is 1.29 bits per heavy atom. The first kappa shape index (κ1) is 17.5. The summed E-state index contributed by atoms with van der Waals surface area (Å²) in [6.45, 7) is 1.75. The Bertz CT molecular complexity index is 570. The van der Waals surface area contributed by atoms with Crippen LogP contribution in [0.15, 0.2) is 24.3 Å². The van der Waals surface area contributed by atoms with Crippen LogP contribution in [0.5, 0.6) is 5.75 Å². The van der Waals surface area contributed by atoms with Gasteiger partial charge in [-0.25, -0.2) is 13.1 Å². The molecule has 0 saturated heterocycles. The number of carbonyl (C=O) groups is 1. The van der Waals surface area contributed by atoms with E-state index in [9.17, 15) is 13.2 Å². The molecule has 21 heavy (non-hydrogen) atoms. The van der Waals surface area contributed by atoms with Gasteiger partial charge >= 0.3 is 5.97 Å². The highest BCUT2D eigenvalue weighted by Crippen LogP contribution is 2.24. The van der Waals surface area contributed by atoms with Gasteiger partial charge in [0, 0.05) is 18.0 Å². The fourth-order valence-corrected chi connectivity index (χ4v) is 3.23. The maximum absolute atomic E-state index is 12.0. The minimum absolute atomic E-state index is 0.0838. The molecular formula is C14H21NO5S. The van der Waals surface area contributed by atoms with Crippen LogP contribution in [0.3, 0.4) is 0 Å². The van der Waals surface area contributed by atoms with Gasteiger partial charge in [0.05, 0.1) is 20.0 Å². The van der Waals surface area contributed by atoms with Crippen LogP contribution in [-0.2, 0) is 19.6 Å². The second-order valence-electron chi connectivity index (χ2n) is 4.58. The van der Waals surface area contributed by atoms with Crippen molar-refractivity contribution < 1.29 is 22.7 Å². The van der Waals surface area contributed by atoms with Gasteiger partial charge in [-0.1, -0.05) is 18.2 Å². The molecule has 0 saturated carbocycles. The standard InChI is InChI=1S/C14H21NO5S/c1-11(12-7-4-5-8-13(12)19-2)15-21(17,18)10-6-9-14(16)20-3/h4-5,7-8,11,15H,6,9-10H2,1-3H3/t11-/m0/s1. The third-order valence-corrected chi connectivity index (χ3v) is 4.52. The minimum Gasteiger partial charge on any atom is -0.496 e. The quantitative estimate of drug-likeness (QED) is 0.737. The second-order valence-corrected chi connectivity index (χ2v) is 6.45. The number of nitrogens with one attached hydrogen (secondary N) is 1. The molecule has 0 unspecified atom stereocenters. The fourth-order valence-electron chi connectivity index (χ4n) is 1.92. The molecule has 1 aromatic rings. The summed E-state index contributed by atoms with van der Waals surface area (Å²) < 4.78 is 36.2. The number of rotatable bonds is 8. The topological polar surface area (TPSA) is 81.7 Å². The largest absolute Gasteiger partial charge is 0.496 e. The molecule has 1 atom stereocenters. The Hall–Kier alpha value is -1.60. The molecule has 1 rings (SSSR count). The first-order chi connectivity index (χ1) is 9.89. The highest BCUT2D eigenvalue weighted by Gasteiger charge is 2.18. The van der Waals surface area contributed by atoms with Crippen molar-refractivity contribution in [3.8, 4) is 5.75 Å². The van der Waals surface area contributed by atoms with Gasteiger partial charge in [-0.2, -0.15) is 0 Å². The normalized spacial score (nSPS) is 12.7. The van der Waals surface area contributed by atoms with Crippen LogP contribution < -0.4 is 9.46 Å². The summed E-state index contributed by atoms with van der Waals surface area (Å²) in [5.74, 6) is 0.0898. The number of para-hydroxylation sites is 1. The van der Waals surface area contributed by atoms with Crippen LogP contribution in [0.4, 0.5) is 0 Å². The molecule has 6 nitrogen and oxygen atoms in total. The zero-order valence-corrected chi connectivity index (χ0v) is 13.3. The van der Waals surface area contributed by atoms with Crippen molar-refractivity contribution in [3.63, 3.8) is 0 Å². The van der Waals surface area contributed by atoms with E-state index in [0.29, 0.717) is 5.75 Å². The van der Waals surface area contributed by atoms with E-state index in [4.69, 9.17) is 4.74 Å². The summed E-state index contributed by atoms with van der Waals surface area (Å²) in [5.41, 5.74) is 0.761. The van der Waals surface area contributed by atoms with E-state index < -0.39 is 22.0 Å². The molecule has 0 heterocycles. The predicted octanol–water partition coefficient (Wildman–Crippen LogP) is 1.63. The maximum Gasteiger partial charge on any atom is 0.305 e. The fraction of sp³-hybridized carbons (Fsp3) is 0.500. The molecular weight excluding hydrogens is 294 g/mol. The molecule has 1 N–H and O–H groups in total. The molecule has 0 bridgehead atoms. The van der Waals surface area contributed by atoms with E-state index >= 15 is 0 Å². The van der Waals surface area contributed by atoms with Crippen LogP contribution >= 0.6 is 0 Å². The molecule has 118 valence electrons. The monoisotopic (exact) mass is 315 g/mol. The lowest BCUT2D eigenvalue weighted by atomic mass is 10.1. The Labute approximate surface area is 125 Å². The number of methoxy groups -OCH3 is 2. The molecule has 0 radical (unpaired) electrons. The average molecular weight is 315 g/mol. The zero-order chi connectivity index (χ0) is 15.9. The Morgan fingerprint density at radius 3 is 2.57 bits per heavy atom. The van der Waals surface area contributed by atoms with Crippen molar-refractivity contribution in [2.24, 2.45) is 0 Å². The Balaban J connectivity index is 2.64. The van der Waals surface area contributed by atoms with Gasteiger partial charge in [0.15, 0.2) is 0 Å². The SMILES string of the molecule is COC(=O)CCCS(=O)(=O)N[C@@H](C)c1ccccc1OC. The molecule has 0 aliphatic rings. The summed E-state index contributed by atoms with van der Waals surface area (Å²) in [4.78, 5) is 11.0. The summed E-state index contributed by atoms with van der Waals surface area (Å²) >= 11 is 0. The predicted molar refractivity (Wildman–Crippen MR) is 79.6 cm³/mol. The molecule has 0 amide bonds. The van der Waals surface area contributed by atoms with Crippen LogP contribution in [0.1, 0.15) is 31.4 Å². The summed E-state index contributed by atoms with van der Waals surface area (Å²) in [6.07, 6.45) is 0.307. The molecule has 0 aliphatic carbocycles. The van der Waals surface area contributed by atoms with Gasteiger partial charge in [-0.3, -0.25) is 4.79 Å².